The number of rotatable bonds is 4. The van der Waals surface area contributed by atoms with E-state index >= 15 is 0 Å². The van der Waals surface area contributed by atoms with Gasteiger partial charge in [0.25, 0.3) is 0 Å². The predicted octanol–water partition coefficient (Wildman–Crippen LogP) is 11.3. The summed E-state index contributed by atoms with van der Waals surface area (Å²) >= 11 is 0. The van der Waals surface area contributed by atoms with Gasteiger partial charge in [0.15, 0.2) is 0 Å². The van der Waals surface area contributed by atoms with Gasteiger partial charge < -0.3 is 5.11 Å². The van der Waals surface area contributed by atoms with Crippen LogP contribution in [0.4, 0.5) is 0 Å². The second-order valence-corrected chi connectivity index (χ2v) is 15.0. The minimum atomic E-state index is -0.0261. The molecule has 0 spiro atoms. The van der Waals surface area contributed by atoms with Gasteiger partial charge >= 0.3 is 0 Å². The van der Waals surface area contributed by atoms with Crippen LogP contribution < -0.4 is 0 Å². The van der Waals surface area contributed by atoms with Crippen LogP contribution in [0.1, 0.15) is 63.8 Å². The van der Waals surface area contributed by atoms with Crippen molar-refractivity contribution in [1.29, 1.82) is 0 Å². The summed E-state index contributed by atoms with van der Waals surface area (Å²) in [5, 5.41) is 12.3. The summed E-state index contributed by atoms with van der Waals surface area (Å²) in [7, 11) is 0. The molecular formula is C44H42N3OPt-. The number of hydrogen-bond acceptors (Lipinski definition) is 3. The van der Waals surface area contributed by atoms with E-state index in [0.717, 1.165) is 50.1 Å². The second kappa shape index (κ2) is 12.7. The Labute approximate surface area is 304 Å². The van der Waals surface area contributed by atoms with Crippen molar-refractivity contribution in [3.8, 4) is 45.1 Å². The Bertz CT molecular complexity index is 2340. The van der Waals surface area contributed by atoms with Crippen molar-refractivity contribution in [3.05, 3.63) is 132 Å². The van der Waals surface area contributed by atoms with Crippen molar-refractivity contribution in [1.82, 2.24) is 14.5 Å². The summed E-state index contributed by atoms with van der Waals surface area (Å²) in [5.74, 6) is 0.897. The van der Waals surface area contributed by atoms with Crippen LogP contribution in [0.5, 0.6) is 5.75 Å². The first kappa shape index (κ1) is 34.3. The van der Waals surface area contributed by atoms with Crippen LogP contribution >= 0.6 is 0 Å². The molecule has 1 N–H and O–H groups in total. The van der Waals surface area contributed by atoms with Gasteiger partial charge in [0.05, 0.1) is 16.6 Å². The van der Waals surface area contributed by atoms with Crippen molar-refractivity contribution in [2.75, 3.05) is 0 Å². The van der Waals surface area contributed by atoms with Gasteiger partial charge in [-0.2, -0.15) is 0 Å². The Kier molecular flexibility index (Phi) is 8.92. The van der Waals surface area contributed by atoms with E-state index in [1.165, 1.54) is 22.1 Å². The average Bonchev–Trinajstić information content (AvgIpc) is 3.45. The minimum absolute atomic E-state index is 0. The Morgan fingerprint density at radius 2 is 1.37 bits per heavy atom. The molecule has 0 bridgehead atoms. The van der Waals surface area contributed by atoms with E-state index in [9.17, 15) is 5.11 Å². The molecule has 0 unspecified atom stereocenters. The van der Waals surface area contributed by atoms with Crippen LogP contribution in [0.15, 0.2) is 103 Å². The van der Waals surface area contributed by atoms with Crippen molar-refractivity contribution >= 4 is 21.9 Å². The number of para-hydroxylation sites is 1. The monoisotopic (exact) mass is 823 g/mol. The summed E-state index contributed by atoms with van der Waals surface area (Å²) in [6.45, 7) is 17.7. The molecule has 0 saturated carbocycles. The summed E-state index contributed by atoms with van der Waals surface area (Å²) in [5.41, 5.74) is 13.4. The van der Waals surface area contributed by atoms with Gasteiger partial charge in [0.1, 0.15) is 11.6 Å². The summed E-state index contributed by atoms with van der Waals surface area (Å²) < 4.78 is 2.16. The quantitative estimate of drug-likeness (QED) is 0.180. The van der Waals surface area contributed by atoms with Crippen LogP contribution in [0.25, 0.3) is 61.3 Å². The van der Waals surface area contributed by atoms with E-state index in [-0.39, 0.29) is 37.6 Å². The Balaban J connectivity index is 0.00000417. The van der Waals surface area contributed by atoms with E-state index in [0.29, 0.717) is 11.4 Å². The maximum Gasteiger partial charge on any atom is 0.148 e. The number of imidazole rings is 1. The molecule has 5 aromatic carbocycles. The van der Waals surface area contributed by atoms with Gasteiger partial charge in [-0.05, 0) is 83.2 Å². The third-order valence-electron chi connectivity index (χ3n) is 9.41. The topological polar surface area (TPSA) is 50.9 Å². The number of aromatic hydroxyl groups is 1. The first-order valence-electron chi connectivity index (χ1n) is 16.7. The zero-order valence-corrected chi connectivity index (χ0v) is 31.7. The number of aryl methyl sites for hydroxylation is 2. The van der Waals surface area contributed by atoms with E-state index in [1.54, 1.807) is 6.07 Å². The number of aromatic nitrogens is 3. The normalized spacial score (nSPS) is 12.0. The van der Waals surface area contributed by atoms with Gasteiger partial charge in [-0.15, -0.1) is 35.4 Å². The molecule has 0 radical (unpaired) electrons. The summed E-state index contributed by atoms with van der Waals surface area (Å²) in [4.78, 5) is 10.1. The van der Waals surface area contributed by atoms with Crippen LogP contribution in [-0.2, 0) is 31.9 Å². The molecule has 0 saturated heterocycles. The van der Waals surface area contributed by atoms with Gasteiger partial charge in [-0.25, -0.2) is 4.98 Å². The maximum absolute atomic E-state index is 11.1. The molecule has 0 amide bonds. The molecule has 2 heterocycles. The Hall–Kier alpha value is -4.53. The van der Waals surface area contributed by atoms with Crippen molar-refractivity contribution < 1.29 is 26.2 Å². The van der Waals surface area contributed by atoms with Gasteiger partial charge in [0, 0.05) is 38.5 Å². The molecule has 0 aliphatic heterocycles. The van der Waals surface area contributed by atoms with E-state index in [1.807, 2.05) is 31.3 Å². The number of pyridine rings is 1. The fourth-order valence-corrected chi connectivity index (χ4v) is 6.85. The zero-order chi connectivity index (χ0) is 34.0. The average molecular weight is 824 g/mol. The van der Waals surface area contributed by atoms with Crippen LogP contribution in [0, 0.1) is 19.9 Å². The molecule has 7 aromatic rings. The largest absolute Gasteiger partial charge is 0.507 e. The molecule has 0 atom stereocenters. The number of hydrogen-bond donors (Lipinski definition) is 1. The Morgan fingerprint density at radius 3 is 2.06 bits per heavy atom. The molecule has 5 heteroatoms. The van der Waals surface area contributed by atoms with Crippen LogP contribution in [0.2, 0.25) is 0 Å². The number of phenolic OH excluding ortho intramolecular Hbond substituents is 1. The molecule has 7 rings (SSSR count). The molecule has 49 heavy (non-hydrogen) atoms. The summed E-state index contributed by atoms with van der Waals surface area (Å²) in [6, 6.07) is 37.3. The molecule has 0 aliphatic carbocycles. The number of phenols is 1. The van der Waals surface area contributed by atoms with Crippen molar-refractivity contribution in [3.63, 3.8) is 0 Å². The predicted molar refractivity (Wildman–Crippen MR) is 200 cm³/mol. The van der Waals surface area contributed by atoms with E-state index in [2.05, 4.69) is 132 Å². The standard InChI is InChI=1S/C44H42N3O.Pt/c1-27-17-22-39(48)36(24-27)42-46-41-34(14-10-16-38(41)47(42)32-20-18-31(19-21-32)43(3,4)5)29-12-9-13-30(25-29)35-26-37(44(6,7)8)28(2)33-15-11-23-45-40(33)35;/h9-24,26,48H,1-8H3;/q-1;. The molecule has 0 aliphatic rings. The van der Waals surface area contributed by atoms with Crippen molar-refractivity contribution in [2.24, 2.45) is 0 Å². The molecule has 0 fully saturated rings. The van der Waals surface area contributed by atoms with Gasteiger partial charge in [-0.1, -0.05) is 101 Å². The van der Waals surface area contributed by atoms with Crippen molar-refractivity contribution in [2.45, 2.75) is 66.2 Å². The molecular weight excluding hydrogens is 782 g/mol. The van der Waals surface area contributed by atoms with Gasteiger partial charge in [-0.3, -0.25) is 9.55 Å². The van der Waals surface area contributed by atoms with E-state index in [4.69, 9.17) is 9.97 Å². The SMILES string of the molecule is Cc1ccc(O)c(-c2nc3c(-c4[c-]c(-c5cc(C(C)(C)C)c(C)c6cccnc56)ccc4)cccc3n2-c2ccc(C(C)(C)C)cc2)c1.[Pt]. The Morgan fingerprint density at radius 1 is 0.673 bits per heavy atom. The first-order valence-corrected chi connectivity index (χ1v) is 16.7. The minimum Gasteiger partial charge on any atom is -0.507 e. The van der Waals surface area contributed by atoms with Crippen LogP contribution in [-0.4, -0.2) is 19.6 Å². The van der Waals surface area contributed by atoms with Crippen LogP contribution in [0.3, 0.4) is 0 Å². The summed E-state index contributed by atoms with van der Waals surface area (Å²) in [6.07, 6.45) is 1.87. The smallest absolute Gasteiger partial charge is 0.148 e. The number of nitrogens with zero attached hydrogens (tertiary/aromatic N) is 3. The third-order valence-corrected chi connectivity index (χ3v) is 9.41. The maximum atomic E-state index is 11.1. The third kappa shape index (κ3) is 6.24. The van der Waals surface area contributed by atoms with Gasteiger partial charge in [0.2, 0.25) is 0 Å². The molecule has 4 nitrogen and oxygen atoms in total. The first-order chi connectivity index (χ1) is 22.8. The fraction of sp³-hybridized carbons (Fsp3) is 0.227. The molecule has 2 aromatic heterocycles. The molecule has 250 valence electrons. The number of benzene rings is 5. The fourth-order valence-electron chi connectivity index (χ4n) is 6.85. The second-order valence-electron chi connectivity index (χ2n) is 15.0. The number of fused-ring (bicyclic) bond motifs is 2. The zero-order valence-electron chi connectivity index (χ0n) is 29.4. The van der Waals surface area contributed by atoms with E-state index < -0.39 is 0 Å².